The quantitative estimate of drug-likeness (QED) is 0.741. The summed E-state index contributed by atoms with van der Waals surface area (Å²) in [5.74, 6) is 1.43. The molecule has 0 amide bonds. The Labute approximate surface area is 155 Å². The molecule has 0 spiro atoms. The molecule has 27 heavy (non-hydrogen) atoms. The predicted octanol–water partition coefficient (Wildman–Crippen LogP) is 3.40. The van der Waals surface area contributed by atoms with Crippen LogP contribution < -0.4 is 5.32 Å². The van der Waals surface area contributed by atoms with E-state index in [9.17, 15) is 8.78 Å². The van der Waals surface area contributed by atoms with E-state index in [-0.39, 0.29) is 0 Å². The van der Waals surface area contributed by atoms with Crippen LogP contribution in [0.1, 0.15) is 36.8 Å². The van der Waals surface area contributed by atoms with Crippen molar-refractivity contribution >= 4 is 0 Å². The van der Waals surface area contributed by atoms with E-state index in [4.69, 9.17) is 0 Å². The standard InChI is InChI=1S/C20H21F2N5/c21-13-1-3-16(17(22)9-13)18-11-27-10-14(2-4-19(27)26-18)25-15-7-12(8-15)20-23-5-6-24-20/h1,3,5-6,9,11-12,14-15,25H,2,4,7-8,10H2,(H,23,24). The van der Waals surface area contributed by atoms with E-state index in [0.29, 0.717) is 29.3 Å². The Hall–Kier alpha value is -2.54. The van der Waals surface area contributed by atoms with Crippen LogP contribution in [0.5, 0.6) is 0 Å². The normalized spacial score (nSPS) is 24.4. The van der Waals surface area contributed by atoms with Gasteiger partial charge in [0.05, 0.1) is 5.69 Å². The number of nitrogens with zero attached hydrogens (tertiary/aromatic N) is 3. The highest BCUT2D eigenvalue weighted by molar-refractivity contribution is 5.59. The van der Waals surface area contributed by atoms with E-state index in [1.807, 2.05) is 12.4 Å². The Bertz CT molecular complexity index is 943. The largest absolute Gasteiger partial charge is 0.348 e. The lowest BCUT2D eigenvalue weighted by Gasteiger charge is -2.38. The molecule has 3 aromatic rings. The number of benzene rings is 1. The highest BCUT2D eigenvalue weighted by atomic mass is 19.1. The lowest BCUT2D eigenvalue weighted by atomic mass is 9.79. The maximum atomic E-state index is 14.0. The van der Waals surface area contributed by atoms with Gasteiger partial charge in [-0.1, -0.05) is 0 Å². The number of fused-ring (bicyclic) bond motifs is 1. The molecule has 140 valence electrons. The van der Waals surface area contributed by atoms with E-state index >= 15 is 0 Å². The van der Waals surface area contributed by atoms with Gasteiger partial charge in [0.1, 0.15) is 23.3 Å². The van der Waals surface area contributed by atoms with E-state index in [0.717, 1.165) is 49.9 Å². The van der Waals surface area contributed by atoms with Crippen molar-refractivity contribution in [3.63, 3.8) is 0 Å². The van der Waals surface area contributed by atoms with Crippen LogP contribution in [0.4, 0.5) is 8.78 Å². The zero-order valence-electron chi connectivity index (χ0n) is 14.8. The number of aryl methyl sites for hydroxylation is 1. The topological polar surface area (TPSA) is 58.5 Å². The van der Waals surface area contributed by atoms with Gasteiger partial charge in [0.2, 0.25) is 0 Å². The van der Waals surface area contributed by atoms with Crippen LogP contribution in [0, 0.1) is 11.6 Å². The van der Waals surface area contributed by atoms with Crippen molar-refractivity contribution in [1.29, 1.82) is 0 Å². The van der Waals surface area contributed by atoms with Gasteiger partial charge in [-0.05, 0) is 31.4 Å². The molecule has 3 heterocycles. The van der Waals surface area contributed by atoms with Crippen LogP contribution in [-0.2, 0) is 13.0 Å². The molecule has 2 N–H and O–H groups in total. The average Bonchev–Trinajstić information content (AvgIpc) is 3.26. The molecule has 2 aromatic heterocycles. The first-order valence-corrected chi connectivity index (χ1v) is 9.42. The lowest BCUT2D eigenvalue weighted by molar-refractivity contribution is 0.234. The molecule has 1 fully saturated rings. The number of aromatic nitrogens is 4. The van der Waals surface area contributed by atoms with Crippen LogP contribution in [-0.4, -0.2) is 31.6 Å². The van der Waals surface area contributed by atoms with Crippen LogP contribution in [0.2, 0.25) is 0 Å². The third-order valence-corrected chi connectivity index (χ3v) is 5.72. The van der Waals surface area contributed by atoms with Gasteiger partial charge in [-0.2, -0.15) is 0 Å². The Balaban J connectivity index is 1.23. The van der Waals surface area contributed by atoms with Crippen LogP contribution >= 0.6 is 0 Å². The number of rotatable bonds is 4. The highest BCUT2D eigenvalue weighted by Crippen LogP contribution is 2.35. The maximum absolute atomic E-state index is 14.0. The first-order chi connectivity index (χ1) is 13.2. The maximum Gasteiger partial charge on any atom is 0.135 e. The molecular weight excluding hydrogens is 348 g/mol. The molecule has 5 rings (SSSR count). The average molecular weight is 369 g/mol. The summed E-state index contributed by atoms with van der Waals surface area (Å²) >= 11 is 0. The van der Waals surface area contributed by atoms with Crippen molar-refractivity contribution in [3.05, 3.63) is 60.1 Å². The van der Waals surface area contributed by atoms with E-state index < -0.39 is 11.6 Å². The molecule has 1 atom stereocenters. The number of nitrogens with one attached hydrogen (secondary N) is 2. The monoisotopic (exact) mass is 369 g/mol. The fraction of sp³-hybridized carbons (Fsp3) is 0.400. The molecular formula is C20H21F2N5. The summed E-state index contributed by atoms with van der Waals surface area (Å²) in [4.78, 5) is 12.1. The SMILES string of the molecule is Fc1ccc(-c2cn3c(n2)CCC(NC2CC(c4ncc[nH]4)C2)C3)c(F)c1. The summed E-state index contributed by atoms with van der Waals surface area (Å²) in [6, 6.07) is 4.54. The van der Waals surface area contributed by atoms with Crippen LogP contribution in [0.25, 0.3) is 11.3 Å². The van der Waals surface area contributed by atoms with Crippen molar-refractivity contribution in [2.45, 2.75) is 50.2 Å². The van der Waals surface area contributed by atoms with Crippen molar-refractivity contribution < 1.29 is 8.78 Å². The number of imidazole rings is 2. The summed E-state index contributed by atoms with van der Waals surface area (Å²) in [6.45, 7) is 0.826. The lowest BCUT2D eigenvalue weighted by Crippen LogP contribution is -2.48. The molecule has 2 aliphatic rings. The number of hydrogen-bond acceptors (Lipinski definition) is 3. The number of hydrogen-bond donors (Lipinski definition) is 2. The fourth-order valence-electron chi connectivity index (χ4n) is 4.22. The molecule has 1 aliphatic heterocycles. The third kappa shape index (κ3) is 3.16. The smallest absolute Gasteiger partial charge is 0.135 e. The number of H-pyrrole nitrogens is 1. The van der Waals surface area contributed by atoms with Crippen molar-refractivity contribution in [2.24, 2.45) is 0 Å². The van der Waals surface area contributed by atoms with Gasteiger partial charge < -0.3 is 14.9 Å². The fourth-order valence-corrected chi connectivity index (χ4v) is 4.22. The first-order valence-electron chi connectivity index (χ1n) is 9.42. The van der Waals surface area contributed by atoms with Gasteiger partial charge in [0, 0.05) is 61.2 Å². The molecule has 1 unspecified atom stereocenters. The van der Waals surface area contributed by atoms with Crippen LogP contribution in [0.15, 0.2) is 36.8 Å². The van der Waals surface area contributed by atoms with Gasteiger partial charge in [0.25, 0.3) is 0 Å². The minimum atomic E-state index is -0.571. The second-order valence-corrected chi connectivity index (χ2v) is 7.56. The van der Waals surface area contributed by atoms with Gasteiger partial charge in [-0.3, -0.25) is 0 Å². The highest BCUT2D eigenvalue weighted by Gasteiger charge is 2.34. The molecule has 1 aliphatic carbocycles. The van der Waals surface area contributed by atoms with Gasteiger partial charge in [0.15, 0.2) is 0 Å². The van der Waals surface area contributed by atoms with E-state index in [2.05, 4.69) is 24.8 Å². The Kier molecular flexibility index (Phi) is 4.04. The zero-order chi connectivity index (χ0) is 18.4. The van der Waals surface area contributed by atoms with Crippen molar-refractivity contribution in [3.8, 4) is 11.3 Å². The summed E-state index contributed by atoms with van der Waals surface area (Å²) in [5, 5.41) is 3.74. The molecule has 0 saturated heterocycles. The van der Waals surface area contributed by atoms with Gasteiger partial charge in [-0.15, -0.1) is 0 Å². The van der Waals surface area contributed by atoms with Gasteiger partial charge >= 0.3 is 0 Å². The summed E-state index contributed by atoms with van der Waals surface area (Å²) in [6.07, 6.45) is 9.64. The molecule has 5 nitrogen and oxygen atoms in total. The second-order valence-electron chi connectivity index (χ2n) is 7.56. The third-order valence-electron chi connectivity index (χ3n) is 5.72. The van der Waals surface area contributed by atoms with Crippen molar-refractivity contribution in [1.82, 2.24) is 24.8 Å². The zero-order valence-corrected chi connectivity index (χ0v) is 14.8. The summed E-state index contributed by atoms with van der Waals surface area (Å²) in [5.41, 5.74) is 0.924. The Morgan fingerprint density at radius 2 is 2.07 bits per heavy atom. The number of halogens is 2. The molecule has 7 heteroatoms. The predicted molar refractivity (Wildman–Crippen MR) is 97.2 cm³/mol. The molecule has 1 saturated carbocycles. The molecule has 1 aromatic carbocycles. The Morgan fingerprint density at radius 3 is 2.85 bits per heavy atom. The summed E-state index contributed by atoms with van der Waals surface area (Å²) in [7, 11) is 0. The summed E-state index contributed by atoms with van der Waals surface area (Å²) < 4.78 is 29.3. The van der Waals surface area contributed by atoms with Gasteiger partial charge in [-0.25, -0.2) is 18.7 Å². The van der Waals surface area contributed by atoms with E-state index in [1.54, 1.807) is 6.20 Å². The molecule has 0 bridgehead atoms. The molecule has 0 radical (unpaired) electrons. The van der Waals surface area contributed by atoms with Crippen LogP contribution in [0.3, 0.4) is 0 Å². The minimum absolute atomic E-state index is 0.350. The first kappa shape index (κ1) is 16.6. The number of aromatic amines is 1. The van der Waals surface area contributed by atoms with E-state index in [1.165, 1.54) is 12.1 Å². The van der Waals surface area contributed by atoms with Crippen molar-refractivity contribution in [2.75, 3.05) is 0 Å². The minimum Gasteiger partial charge on any atom is -0.348 e. The second kappa shape index (κ2) is 6.56. The Morgan fingerprint density at radius 1 is 1.19 bits per heavy atom.